The molecule has 158 valence electrons. The molecule has 0 N–H and O–H groups in total. The van der Waals surface area contributed by atoms with Crippen molar-refractivity contribution in [3.05, 3.63) is 87.4 Å². The lowest BCUT2D eigenvalue weighted by Crippen LogP contribution is -2.33. The van der Waals surface area contributed by atoms with Gasteiger partial charge in [0.25, 0.3) is 0 Å². The third-order valence-corrected chi connectivity index (χ3v) is 6.73. The fourth-order valence-electron chi connectivity index (χ4n) is 4.78. The van der Waals surface area contributed by atoms with Gasteiger partial charge in [-0.3, -0.25) is 0 Å². The summed E-state index contributed by atoms with van der Waals surface area (Å²) in [5.41, 5.74) is 3.96. The minimum absolute atomic E-state index is 0.335. The number of hydrogen-bond acceptors (Lipinski definition) is 4. The third-order valence-electron chi connectivity index (χ3n) is 6.37. The second-order valence-corrected chi connectivity index (χ2v) is 8.27. The summed E-state index contributed by atoms with van der Waals surface area (Å²) in [6.45, 7) is 8.11. The Hall–Kier alpha value is -2.98. The van der Waals surface area contributed by atoms with Crippen molar-refractivity contribution in [1.82, 2.24) is 0 Å². The van der Waals surface area contributed by atoms with E-state index in [1.165, 1.54) is 0 Å². The minimum atomic E-state index is -1.08. The van der Waals surface area contributed by atoms with Crippen molar-refractivity contribution in [3.8, 4) is 11.5 Å². The molecule has 3 aromatic rings. The van der Waals surface area contributed by atoms with Crippen molar-refractivity contribution in [1.29, 1.82) is 0 Å². The predicted octanol–water partition coefficient (Wildman–Crippen LogP) is 6.32. The molecule has 31 heavy (non-hydrogen) atoms. The van der Waals surface area contributed by atoms with Gasteiger partial charge >= 0.3 is 5.97 Å². The molecule has 4 nitrogen and oxygen atoms in total. The molecule has 0 saturated heterocycles. The molecule has 5 rings (SSSR count). The van der Waals surface area contributed by atoms with Crippen LogP contribution < -0.4 is 9.64 Å². The Morgan fingerprint density at radius 3 is 2.39 bits per heavy atom. The largest absolute Gasteiger partial charge is 0.456 e. The van der Waals surface area contributed by atoms with Gasteiger partial charge in [-0.1, -0.05) is 36.7 Å². The summed E-state index contributed by atoms with van der Waals surface area (Å²) < 4.78 is 12.6. The highest BCUT2D eigenvalue weighted by Gasteiger charge is 2.53. The smallest absolute Gasteiger partial charge is 0.340 e. The number of hydrogen-bond donors (Lipinski definition) is 0. The van der Waals surface area contributed by atoms with Crippen LogP contribution in [0.3, 0.4) is 0 Å². The maximum absolute atomic E-state index is 12.9. The molecule has 0 bridgehead atoms. The van der Waals surface area contributed by atoms with Gasteiger partial charge in [0.15, 0.2) is 5.60 Å². The Morgan fingerprint density at radius 2 is 1.65 bits per heavy atom. The molecular formula is C26H24ClNO3. The number of rotatable bonds is 4. The van der Waals surface area contributed by atoms with E-state index < -0.39 is 5.60 Å². The van der Waals surface area contributed by atoms with Gasteiger partial charge in [0, 0.05) is 46.6 Å². The quantitative estimate of drug-likeness (QED) is 0.451. The SMILES string of the molecule is CCc1cc2c(cc1Cl)C1(OC(=O)c3ccccc31)c1ccc(N(CC)CC)cc1O2. The van der Waals surface area contributed by atoms with Crippen LogP contribution in [0.15, 0.2) is 54.6 Å². The van der Waals surface area contributed by atoms with E-state index in [-0.39, 0.29) is 5.97 Å². The van der Waals surface area contributed by atoms with Crippen molar-refractivity contribution in [3.63, 3.8) is 0 Å². The van der Waals surface area contributed by atoms with Crippen molar-refractivity contribution >= 4 is 23.3 Å². The summed E-state index contributed by atoms with van der Waals surface area (Å²) >= 11 is 6.62. The summed E-state index contributed by atoms with van der Waals surface area (Å²) in [5.74, 6) is 1.04. The summed E-state index contributed by atoms with van der Waals surface area (Å²) in [5, 5.41) is 0.646. The van der Waals surface area contributed by atoms with Gasteiger partial charge in [0.1, 0.15) is 11.5 Å². The number of halogens is 1. The number of benzene rings is 3. The van der Waals surface area contributed by atoms with E-state index in [1.54, 1.807) is 0 Å². The van der Waals surface area contributed by atoms with E-state index in [9.17, 15) is 4.79 Å². The van der Waals surface area contributed by atoms with Crippen LogP contribution in [0.1, 0.15) is 53.4 Å². The Labute approximate surface area is 187 Å². The van der Waals surface area contributed by atoms with Gasteiger partial charge in [0.2, 0.25) is 0 Å². The van der Waals surface area contributed by atoms with Crippen LogP contribution in [0.4, 0.5) is 5.69 Å². The molecule has 0 radical (unpaired) electrons. The molecule has 1 atom stereocenters. The summed E-state index contributed by atoms with van der Waals surface area (Å²) in [4.78, 5) is 15.2. The lowest BCUT2D eigenvalue weighted by Gasteiger charge is -2.37. The van der Waals surface area contributed by atoms with Crippen molar-refractivity contribution in [2.75, 3.05) is 18.0 Å². The topological polar surface area (TPSA) is 38.8 Å². The summed E-state index contributed by atoms with van der Waals surface area (Å²) in [6, 6.07) is 17.6. The van der Waals surface area contributed by atoms with Crippen LogP contribution in [-0.4, -0.2) is 19.1 Å². The number of ether oxygens (including phenoxy) is 2. The van der Waals surface area contributed by atoms with E-state index in [0.717, 1.165) is 47.5 Å². The Bertz CT molecular complexity index is 1200. The zero-order valence-corrected chi connectivity index (χ0v) is 18.6. The van der Waals surface area contributed by atoms with Crippen LogP contribution in [0.2, 0.25) is 5.02 Å². The van der Waals surface area contributed by atoms with Crippen molar-refractivity contribution < 1.29 is 14.3 Å². The molecule has 0 amide bonds. The van der Waals surface area contributed by atoms with Crippen LogP contribution in [0.5, 0.6) is 11.5 Å². The van der Waals surface area contributed by atoms with Gasteiger partial charge in [-0.25, -0.2) is 4.79 Å². The Morgan fingerprint density at radius 1 is 0.903 bits per heavy atom. The molecule has 0 aromatic heterocycles. The zero-order valence-electron chi connectivity index (χ0n) is 17.9. The molecule has 0 saturated carbocycles. The molecule has 1 unspecified atom stereocenters. The lowest BCUT2D eigenvalue weighted by molar-refractivity contribution is 0.0224. The molecule has 5 heteroatoms. The summed E-state index contributed by atoms with van der Waals surface area (Å²) in [7, 11) is 0. The average Bonchev–Trinajstić information content (AvgIpc) is 3.08. The molecule has 2 aliphatic heterocycles. The van der Waals surface area contributed by atoms with E-state index >= 15 is 0 Å². The fraction of sp³-hybridized carbons (Fsp3) is 0.269. The first-order valence-electron chi connectivity index (χ1n) is 10.8. The molecule has 1 spiro atoms. The predicted molar refractivity (Wildman–Crippen MR) is 123 cm³/mol. The minimum Gasteiger partial charge on any atom is -0.456 e. The Balaban J connectivity index is 1.82. The first kappa shape index (κ1) is 20.0. The van der Waals surface area contributed by atoms with E-state index in [2.05, 4.69) is 31.7 Å². The van der Waals surface area contributed by atoms with E-state index in [0.29, 0.717) is 22.1 Å². The molecular weight excluding hydrogens is 410 g/mol. The van der Waals surface area contributed by atoms with Gasteiger partial charge < -0.3 is 14.4 Å². The zero-order chi connectivity index (χ0) is 21.8. The monoisotopic (exact) mass is 433 g/mol. The highest BCUT2D eigenvalue weighted by molar-refractivity contribution is 6.31. The van der Waals surface area contributed by atoms with Gasteiger partial charge in [-0.15, -0.1) is 0 Å². The van der Waals surface area contributed by atoms with Gasteiger partial charge in [-0.2, -0.15) is 0 Å². The third kappa shape index (κ3) is 2.78. The van der Waals surface area contributed by atoms with Gasteiger partial charge in [-0.05, 0) is 56.2 Å². The van der Waals surface area contributed by atoms with E-state index in [1.807, 2.05) is 48.5 Å². The maximum Gasteiger partial charge on any atom is 0.340 e. The Kier molecular flexibility index (Phi) is 4.71. The second kappa shape index (κ2) is 7.31. The second-order valence-electron chi connectivity index (χ2n) is 7.86. The standard InChI is InChI=1S/C26H24ClNO3/c1-4-16-13-23-21(15-22(16)27)26(19-10-8-7-9-18(19)25(29)31-26)20-12-11-17(14-24(20)30-23)28(5-2)6-3/h7-15H,4-6H2,1-3H3. The number of anilines is 1. The first-order valence-corrected chi connectivity index (χ1v) is 11.1. The number of carbonyl (C=O) groups is 1. The van der Waals surface area contributed by atoms with Crippen molar-refractivity contribution in [2.45, 2.75) is 32.8 Å². The molecule has 2 aliphatic rings. The van der Waals surface area contributed by atoms with Crippen LogP contribution in [0, 0.1) is 0 Å². The first-order chi connectivity index (χ1) is 15.0. The number of carbonyl (C=O) groups excluding carboxylic acids is 1. The van der Waals surface area contributed by atoms with Crippen LogP contribution >= 0.6 is 11.6 Å². The number of fused-ring (bicyclic) bond motifs is 6. The van der Waals surface area contributed by atoms with Gasteiger partial charge in [0.05, 0.1) is 5.56 Å². The molecule has 0 aliphatic carbocycles. The number of esters is 1. The lowest BCUT2D eigenvalue weighted by atomic mass is 9.77. The van der Waals surface area contributed by atoms with Crippen LogP contribution in [0.25, 0.3) is 0 Å². The molecule has 2 heterocycles. The maximum atomic E-state index is 12.9. The molecule has 3 aromatic carbocycles. The van der Waals surface area contributed by atoms with Crippen LogP contribution in [-0.2, 0) is 16.8 Å². The van der Waals surface area contributed by atoms with E-state index in [4.69, 9.17) is 21.1 Å². The molecule has 0 fully saturated rings. The normalized spacial score (nSPS) is 18.1. The fourth-order valence-corrected chi connectivity index (χ4v) is 5.08. The number of aryl methyl sites for hydroxylation is 1. The highest BCUT2D eigenvalue weighted by atomic mass is 35.5. The summed E-state index contributed by atoms with van der Waals surface area (Å²) in [6.07, 6.45) is 0.783. The number of nitrogens with zero attached hydrogens (tertiary/aromatic N) is 1. The van der Waals surface area contributed by atoms with Crippen molar-refractivity contribution in [2.24, 2.45) is 0 Å². The highest BCUT2D eigenvalue weighted by Crippen LogP contribution is 2.57. The average molecular weight is 434 g/mol.